The molecule has 0 aromatic heterocycles. The lowest BCUT2D eigenvalue weighted by atomic mass is 9.90. The van der Waals surface area contributed by atoms with E-state index in [2.05, 4.69) is 10.2 Å². The van der Waals surface area contributed by atoms with Crippen molar-refractivity contribution in [3.8, 4) is 5.75 Å². The van der Waals surface area contributed by atoms with E-state index in [-0.39, 0.29) is 17.9 Å². The molecule has 2 amide bonds. The van der Waals surface area contributed by atoms with Crippen LogP contribution in [0.15, 0.2) is 12.1 Å². The number of anilines is 1. The molecule has 2 fully saturated rings. The van der Waals surface area contributed by atoms with Gasteiger partial charge < -0.3 is 15.4 Å². The molecule has 0 aliphatic carbocycles. The van der Waals surface area contributed by atoms with E-state index in [0.717, 1.165) is 18.8 Å². The minimum absolute atomic E-state index is 0.165. The van der Waals surface area contributed by atoms with Gasteiger partial charge in [0.05, 0.1) is 23.7 Å². The number of nitrogens with zero attached hydrogens (tertiary/aromatic N) is 1. The molecule has 0 radical (unpaired) electrons. The lowest BCUT2D eigenvalue weighted by molar-refractivity contribution is -0.134. The maximum Gasteiger partial charge on any atom is 0.234 e. The number of nitrogens with one attached hydrogen (secondary N) is 1. The molecule has 22 heavy (non-hydrogen) atoms. The molecule has 0 saturated carbocycles. The molecule has 6 nitrogen and oxygen atoms in total. The number of halogens is 1. The first-order chi connectivity index (χ1) is 10.5. The lowest BCUT2D eigenvalue weighted by Crippen LogP contribution is -2.56. The first-order valence-electron chi connectivity index (χ1n) is 7.22. The number of piperidine rings is 1. The monoisotopic (exact) mass is 323 g/mol. The molecule has 0 spiro atoms. The van der Waals surface area contributed by atoms with E-state index < -0.39 is 5.92 Å². The first-order valence-corrected chi connectivity index (χ1v) is 7.59. The van der Waals surface area contributed by atoms with Gasteiger partial charge in [-0.1, -0.05) is 17.7 Å². The van der Waals surface area contributed by atoms with Crippen LogP contribution in [0.3, 0.4) is 0 Å². The highest BCUT2D eigenvalue weighted by molar-refractivity contribution is 6.33. The standard InChI is InChI=1S/C15H18ClN3O3/c1-22-14-11(19-6-8(17)7-19)4-2-9(13(14)16)10-3-5-12(20)18-15(10)21/h2,4,8,10H,3,5-7,17H2,1H3,(H,18,20,21). The highest BCUT2D eigenvalue weighted by Crippen LogP contribution is 2.43. The molecule has 0 bridgehead atoms. The minimum Gasteiger partial charge on any atom is -0.493 e. The van der Waals surface area contributed by atoms with Crippen LogP contribution >= 0.6 is 11.6 Å². The number of carbonyl (C=O) groups excluding carboxylic acids is 2. The van der Waals surface area contributed by atoms with Gasteiger partial charge in [0.1, 0.15) is 0 Å². The SMILES string of the molecule is COc1c(N2CC(N)C2)ccc(C2CCC(=O)NC2=O)c1Cl. The normalized spacial score (nSPS) is 22.3. The first kappa shape index (κ1) is 15.1. The van der Waals surface area contributed by atoms with Gasteiger partial charge in [0.15, 0.2) is 5.75 Å². The van der Waals surface area contributed by atoms with E-state index in [4.69, 9.17) is 22.1 Å². The summed E-state index contributed by atoms with van der Waals surface area (Å²) in [5.41, 5.74) is 7.39. The van der Waals surface area contributed by atoms with Crippen molar-refractivity contribution in [2.24, 2.45) is 5.73 Å². The number of benzene rings is 1. The van der Waals surface area contributed by atoms with E-state index >= 15 is 0 Å². The second-order valence-corrected chi connectivity index (χ2v) is 6.07. The van der Waals surface area contributed by atoms with Crippen molar-refractivity contribution < 1.29 is 14.3 Å². The highest BCUT2D eigenvalue weighted by atomic mass is 35.5. The third kappa shape index (κ3) is 2.53. The van der Waals surface area contributed by atoms with E-state index in [1.807, 2.05) is 12.1 Å². The molecule has 2 aliphatic heterocycles. The Morgan fingerprint density at radius 2 is 2.09 bits per heavy atom. The third-order valence-corrected chi connectivity index (χ3v) is 4.57. The smallest absolute Gasteiger partial charge is 0.234 e. The number of amides is 2. The van der Waals surface area contributed by atoms with Crippen molar-refractivity contribution in [1.82, 2.24) is 5.32 Å². The molecule has 3 rings (SSSR count). The summed E-state index contributed by atoms with van der Waals surface area (Å²) in [5, 5.41) is 2.78. The van der Waals surface area contributed by atoms with E-state index in [9.17, 15) is 9.59 Å². The van der Waals surface area contributed by atoms with Gasteiger partial charge in [-0.05, 0) is 18.1 Å². The average molecular weight is 324 g/mol. The predicted octanol–water partition coefficient (Wildman–Crippen LogP) is 1.02. The van der Waals surface area contributed by atoms with Gasteiger partial charge in [-0.25, -0.2) is 0 Å². The largest absolute Gasteiger partial charge is 0.493 e. The van der Waals surface area contributed by atoms with Crippen molar-refractivity contribution >= 4 is 29.1 Å². The number of carbonyl (C=O) groups is 2. The maximum atomic E-state index is 12.0. The molecule has 3 N–H and O–H groups in total. The van der Waals surface area contributed by atoms with E-state index in [1.54, 1.807) is 7.11 Å². The van der Waals surface area contributed by atoms with Crippen molar-refractivity contribution in [2.75, 3.05) is 25.1 Å². The molecule has 2 aliphatic rings. The number of hydrogen-bond acceptors (Lipinski definition) is 5. The summed E-state index contributed by atoms with van der Waals surface area (Å²) >= 11 is 6.46. The Morgan fingerprint density at radius 3 is 2.68 bits per heavy atom. The summed E-state index contributed by atoms with van der Waals surface area (Å²) in [6.45, 7) is 1.51. The molecular weight excluding hydrogens is 306 g/mol. The summed E-state index contributed by atoms with van der Waals surface area (Å²) in [5.74, 6) is -0.419. The van der Waals surface area contributed by atoms with E-state index in [1.165, 1.54) is 0 Å². The Labute approximate surface area is 133 Å². The number of hydrogen-bond donors (Lipinski definition) is 2. The predicted molar refractivity (Wildman–Crippen MR) is 83.3 cm³/mol. The van der Waals surface area contributed by atoms with Gasteiger partial charge in [-0.15, -0.1) is 0 Å². The Morgan fingerprint density at radius 1 is 1.36 bits per heavy atom. The number of rotatable bonds is 3. The summed E-state index contributed by atoms with van der Waals surface area (Å²) in [7, 11) is 1.55. The van der Waals surface area contributed by atoms with Crippen molar-refractivity contribution in [2.45, 2.75) is 24.8 Å². The highest BCUT2D eigenvalue weighted by Gasteiger charge is 2.33. The van der Waals surface area contributed by atoms with Crippen LogP contribution in [0.5, 0.6) is 5.75 Å². The molecule has 1 aromatic carbocycles. The third-order valence-electron chi connectivity index (χ3n) is 4.18. The Bertz CT molecular complexity index is 629. The van der Waals surface area contributed by atoms with Gasteiger partial charge >= 0.3 is 0 Å². The van der Waals surface area contributed by atoms with Crippen LogP contribution in [0.4, 0.5) is 5.69 Å². The second kappa shape index (κ2) is 5.78. The number of methoxy groups -OCH3 is 1. The maximum absolute atomic E-state index is 12.0. The molecule has 1 unspecified atom stereocenters. The summed E-state index contributed by atoms with van der Waals surface area (Å²) in [6.07, 6.45) is 0.777. The van der Waals surface area contributed by atoms with Crippen molar-refractivity contribution in [3.63, 3.8) is 0 Å². The van der Waals surface area contributed by atoms with E-state index in [0.29, 0.717) is 29.2 Å². The van der Waals surface area contributed by atoms with Crippen LogP contribution < -0.4 is 20.7 Å². The molecule has 1 aromatic rings. The van der Waals surface area contributed by atoms with Crippen LogP contribution in [0.1, 0.15) is 24.3 Å². The molecule has 2 saturated heterocycles. The summed E-state index contributed by atoms with van der Waals surface area (Å²) in [6, 6.07) is 3.90. The van der Waals surface area contributed by atoms with Gasteiger partial charge in [0.25, 0.3) is 0 Å². The Kier molecular flexibility index (Phi) is 3.97. The quantitative estimate of drug-likeness (QED) is 0.811. The average Bonchev–Trinajstić information content (AvgIpc) is 2.44. The fourth-order valence-electron chi connectivity index (χ4n) is 2.97. The van der Waals surface area contributed by atoms with Crippen molar-refractivity contribution in [1.29, 1.82) is 0 Å². The lowest BCUT2D eigenvalue weighted by Gasteiger charge is -2.39. The fourth-order valence-corrected chi connectivity index (χ4v) is 3.34. The van der Waals surface area contributed by atoms with Crippen LogP contribution in [-0.2, 0) is 9.59 Å². The zero-order valence-electron chi connectivity index (χ0n) is 12.3. The number of imide groups is 1. The van der Waals surface area contributed by atoms with Gasteiger partial charge in [-0.3, -0.25) is 14.9 Å². The van der Waals surface area contributed by atoms with Crippen molar-refractivity contribution in [3.05, 3.63) is 22.7 Å². The fraction of sp³-hybridized carbons (Fsp3) is 0.467. The topological polar surface area (TPSA) is 84.7 Å². The molecule has 2 heterocycles. The summed E-state index contributed by atoms with van der Waals surface area (Å²) in [4.78, 5) is 25.4. The molecular formula is C15H18ClN3O3. The molecule has 7 heteroatoms. The van der Waals surface area contributed by atoms with Gasteiger partial charge in [0.2, 0.25) is 11.8 Å². The summed E-state index contributed by atoms with van der Waals surface area (Å²) < 4.78 is 5.44. The van der Waals surface area contributed by atoms with Crippen LogP contribution in [0.2, 0.25) is 5.02 Å². The second-order valence-electron chi connectivity index (χ2n) is 5.69. The number of nitrogens with two attached hydrogens (primary N) is 1. The Balaban J connectivity index is 1.93. The Hall–Kier alpha value is -1.79. The molecule has 1 atom stereocenters. The van der Waals surface area contributed by atoms with Crippen LogP contribution in [0, 0.1) is 0 Å². The minimum atomic E-state index is -0.424. The zero-order valence-corrected chi connectivity index (χ0v) is 13.0. The number of ether oxygens (including phenoxy) is 1. The zero-order chi connectivity index (χ0) is 15.9. The van der Waals surface area contributed by atoms with Gasteiger partial charge in [0, 0.05) is 25.6 Å². The van der Waals surface area contributed by atoms with Gasteiger partial charge in [-0.2, -0.15) is 0 Å². The van der Waals surface area contributed by atoms with Crippen LogP contribution in [-0.4, -0.2) is 38.1 Å². The molecule has 118 valence electrons. The van der Waals surface area contributed by atoms with Crippen LogP contribution in [0.25, 0.3) is 0 Å².